The molecule has 1 unspecified atom stereocenters. The number of rotatable bonds is 5. The Bertz CT molecular complexity index is 1010. The molecule has 0 spiro atoms. The second-order valence-electron chi connectivity index (χ2n) is 7.41. The van der Waals surface area contributed by atoms with Crippen molar-refractivity contribution in [3.05, 3.63) is 60.7 Å². The SMILES string of the molecule is Nc1cnc(-c2ccc(-c3ccccc3[S+]([O-])NC3CCC(O)CC3)cc2F)cn1. The highest BCUT2D eigenvalue weighted by atomic mass is 32.2. The first-order valence-electron chi connectivity index (χ1n) is 9.84. The quantitative estimate of drug-likeness (QED) is 0.540. The van der Waals surface area contributed by atoms with Gasteiger partial charge in [-0.05, 0) is 55.5 Å². The molecular weight excluding hydrogens is 403 g/mol. The number of halogens is 1. The maximum absolute atomic E-state index is 14.9. The molecule has 1 fully saturated rings. The van der Waals surface area contributed by atoms with Gasteiger partial charge in [0.25, 0.3) is 0 Å². The van der Waals surface area contributed by atoms with Crippen LogP contribution in [0.4, 0.5) is 10.2 Å². The van der Waals surface area contributed by atoms with Crippen molar-refractivity contribution in [1.82, 2.24) is 14.7 Å². The molecule has 0 bridgehead atoms. The third-order valence-electron chi connectivity index (χ3n) is 5.29. The van der Waals surface area contributed by atoms with Gasteiger partial charge in [-0.1, -0.05) is 18.2 Å². The highest BCUT2D eigenvalue weighted by Gasteiger charge is 2.26. The van der Waals surface area contributed by atoms with Crippen molar-refractivity contribution in [2.24, 2.45) is 0 Å². The van der Waals surface area contributed by atoms with Gasteiger partial charge < -0.3 is 15.4 Å². The van der Waals surface area contributed by atoms with E-state index in [0.29, 0.717) is 40.1 Å². The second-order valence-corrected chi connectivity index (χ2v) is 8.62. The van der Waals surface area contributed by atoms with Crippen LogP contribution in [0.25, 0.3) is 22.4 Å². The first kappa shape index (κ1) is 20.7. The number of aliphatic hydroxyl groups is 1. The summed E-state index contributed by atoms with van der Waals surface area (Å²) in [5.74, 6) is -0.173. The van der Waals surface area contributed by atoms with Crippen LogP contribution < -0.4 is 10.5 Å². The predicted molar refractivity (Wildman–Crippen MR) is 115 cm³/mol. The van der Waals surface area contributed by atoms with Crippen molar-refractivity contribution in [1.29, 1.82) is 0 Å². The lowest BCUT2D eigenvalue weighted by Gasteiger charge is -2.26. The zero-order valence-electron chi connectivity index (χ0n) is 16.3. The maximum Gasteiger partial charge on any atom is 0.181 e. The highest BCUT2D eigenvalue weighted by Crippen LogP contribution is 2.31. The Labute approximate surface area is 177 Å². The average Bonchev–Trinajstić information content (AvgIpc) is 2.76. The number of hydrogen-bond donors (Lipinski definition) is 3. The molecule has 4 rings (SSSR count). The van der Waals surface area contributed by atoms with Crippen LogP contribution >= 0.6 is 0 Å². The molecule has 1 saturated carbocycles. The summed E-state index contributed by atoms with van der Waals surface area (Å²) < 4.78 is 31.0. The zero-order chi connectivity index (χ0) is 21.1. The minimum Gasteiger partial charge on any atom is -0.593 e. The van der Waals surface area contributed by atoms with E-state index < -0.39 is 17.2 Å². The van der Waals surface area contributed by atoms with Gasteiger partial charge in [0.1, 0.15) is 11.6 Å². The van der Waals surface area contributed by atoms with Gasteiger partial charge in [-0.25, -0.2) is 9.37 Å². The van der Waals surface area contributed by atoms with Crippen molar-refractivity contribution in [2.45, 2.75) is 42.7 Å². The van der Waals surface area contributed by atoms with Gasteiger partial charge in [-0.3, -0.25) is 4.98 Å². The Kier molecular flexibility index (Phi) is 6.29. The lowest BCUT2D eigenvalue weighted by molar-refractivity contribution is 0.120. The van der Waals surface area contributed by atoms with E-state index in [9.17, 15) is 14.0 Å². The van der Waals surface area contributed by atoms with Crippen molar-refractivity contribution in [2.75, 3.05) is 5.73 Å². The maximum atomic E-state index is 14.9. The normalized spacial score (nSPS) is 20.1. The number of anilines is 1. The van der Waals surface area contributed by atoms with Crippen LogP contribution in [0.3, 0.4) is 0 Å². The summed E-state index contributed by atoms with van der Waals surface area (Å²) in [5, 5.41) is 9.66. The fraction of sp³-hybridized carbons (Fsp3) is 0.273. The van der Waals surface area contributed by atoms with Crippen molar-refractivity contribution in [3.8, 4) is 22.4 Å². The van der Waals surface area contributed by atoms with E-state index in [1.165, 1.54) is 18.5 Å². The molecule has 1 aliphatic carbocycles. The lowest BCUT2D eigenvalue weighted by atomic mass is 9.94. The summed E-state index contributed by atoms with van der Waals surface area (Å²) in [6, 6.07) is 12.2. The molecule has 1 heterocycles. The third kappa shape index (κ3) is 4.62. The molecule has 6 nitrogen and oxygen atoms in total. The topological polar surface area (TPSA) is 107 Å². The number of benzene rings is 2. The summed E-state index contributed by atoms with van der Waals surface area (Å²) in [6.45, 7) is 0. The third-order valence-corrected chi connectivity index (χ3v) is 6.59. The van der Waals surface area contributed by atoms with Gasteiger partial charge >= 0.3 is 0 Å². The molecule has 2 aromatic carbocycles. The molecular formula is C22H23FN4O2S. The minimum atomic E-state index is -1.45. The molecule has 1 aliphatic rings. The first-order valence-corrected chi connectivity index (χ1v) is 11.0. The first-order chi connectivity index (χ1) is 14.5. The van der Waals surface area contributed by atoms with Crippen LogP contribution in [0.5, 0.6) is 0 Å². The fourth-order valence-corrected chi connectivity index (χ4v) is 4.90. The number of aliphatic hydroxyl groups excluding tert-OH is 1. The van der Waals surface area contributed by atoms with E-state index in [-0.39, 0.29) is 18.0 Å². The number of nitrogens with one attached hydrogen (secondary N) is 1. The van der Waals surface area contributed by atoms with E-state index in [1.54, 1.807) is 18.2 Å². The van der Waals surface area contributed by atoms with Crippen LogP contribution in [0, 0.1) is 5.82 Å². The Morgan fingerprint density at radius 2 is 1.80 bits per heavy atom. The number of hydrogen-bond acceptors (Lipinski definition) is 6. The molecule has 30 heavy (non-hydrogen) atoms. The smallest absolute Gasteiger partial charge is 0.181 e. The summed E-state index contributed by atoms with van der Waals surface area (Å²) >= 11 is -1.45. The van der Waals surface area contributed by atoms with Crippen LogP contribution in [-0.4, -0.2) is 31.8 Å². The number of nitrogens with zero attached hydrogens (tertiary/aromatic N) is 2. The molecule has 0 saturated heterocycles. The standard InChI is InChI=1S/C22H23FN4O2S/c23-19-11-14(5-10-18(19)20-12-26-22(24)13-25-20)17-3-1-2-4-21(17)30(29)27-15-6-8-16(28)9-7-15/h1-5,10-13,15-16,27-28H,6-9H2,(H2,24,26). The number of nitrogen functional groups attached to an aromatic ring is 1. The average molecular weight is 427 g/mol. The fourth-order valence-electron chi connectivity index (χ4n) is 3.64. The minimum absolute atomic E-state index is 0.0884. The van der Waals surface area contributed by atoms with Crippen LogP contribution in [0.1, 0.15) is 25.7 Å². The van der Waals surface area contributed by atoms with E-state index in [1.807, 2.05) is 18.2 Å². The Balaban J connectivity index is 1.58. The van der Waals surface area contributed by atoms with Gasteiger partial charge in [-0.2, -0.15) is 0 Å². The van der Waals surface area contributed by atoms with E-state index in [0.717, 1.165) is 12.8 Å². The Morgan fingerprint density at radius 3 is 2.50 bits per heavy atom. The number of aromatic nitrogens is 2. The summed E-state index contributed by atoms with van der Waals surface area (Å²) in [5.41, 5.74) is 7.60. The molecule has 1 aromatic heterocycles. The molecule has 4 N–H and O–H groups in total. The molecule has 0 amide bonds. The van der Waals surface area contributed by atoms with Crippen LogP contribution in [-0.2, 0) is 11.4 Å². The predicted octanol–water partition coefficient (Wildman–Crippen LogP) is 3.45. The lowest BCUT2D eigenvalue weighted by Crippen LogP contribution is -2.38. The molecule has 1 atom stereocenters. The summed E-state index contributed by atoms with van der Waals surface area (Å²) in [4.78, 5) is 8.68. The van der Waals surface area contributed by atoms with E-state index >= 15 is 0 Å². The molecule has 8 heteroatoms. The van der Waals surface area contributed by atoms with E-state index in [4.69, 9.17) is 5.73 Å². The monoisotopic (exact) mass is 426 g/mol. The largest absolute Gasteiger partial charge is 0.593 e. The molecule has 0 radical (unpaired) electrons. The highest BCUT2D eigenvalue weighted by molar-refractivity contribution is 7.89. The molecule has 0 aliphatic heterocycles. The van der Waals surface area contributed by atoms with Gasteiger partial charge in [0.15, 0.2) is 4.90 Å². The van der Waals surface area contributed by atoms with Gasteiger partial charge in [0.05, 0.1) is 41.6 Å². The molecule has 156 valence electrons. The van der Waals surface area contributed by atoms with Gasteiger partial charge in [0, 0.05) is 11.1 Å². The van der Waals surface area contributed by atoms with Crippen LogP contribution in [0.2, 0.25) is 0 Å². The molecule has 3 aromatic rings. The number of nitrogens with two attached hydrogens (primary N) is 1. The van der Waals surface area contributed by atoms with Crippen molar-refractivity contribution < 1.29 is 14.0 Å². The van der Waals surface area contributed by atoms with Gasteiger partial charge in [-0.15, -0.1) is 4.72 Å². The van der Waals surface area contributed by atoms with Crippen LogP contribution in [0.15, 0.2) is 59.8 Å². The zero-order valence-corrected chi connectivity index (χ0v) is 17.1. The summed E-state index contributed by atoms with van der Waals surface area (Å²) in [6.07, 6.45) is 5.52. The van der Waals surface area contributed by atoms with E-state index in [2.05, 4.69) is 14.7 Å². The van der Waals surface area contributed by atoms with Gasteiger partial charge in [0.2, 0.25) is 0 Å². The Morgan fingerprint density at radius 1 is 1.03 bits per heavy atom. The van der Waals surface area contributed by atoms with Crippen molar-refractivity contribution in [3.63, 3.8) is 0 Å². The van der Waals surface area contributed by atoms with Crippen molar-refractivity contribution >= 4 is 17.2 Å². The second kappa shape index (κ2) is 9.09. The Hall–Kier alpha value is -2.52. The summed E-state index contributed by atoms with van der Waals surface area (Å²) in [7, 11) is 0.